The average Bonchev–Trinajstić information content (AvgIpc) is 2.96. The van der Waals surface area contributed by atoms with Crippen LogP contribution in [0.1, 0.15) is 30.6 Å². The highest BCUT2D eigenvalue weighted by atomic mass is 16.5. The van der Waals surface area contributed by atoms with E-state index in [-0.39, 0.29) is 0 Å². The Balaban J connectivity index is 2.00. The predicted octanol–water partition coefficient (Wildman–Crippen LogP) is 3.20. The van der Waals surface area contributed by atoms with Crippen LogP contribution in [0.3, 0.4) is 0 Å². The summed E-state index contributed by atoms with van der Waals surface area (Å²) in [7, 11) is 0. The number of hydrogen-bond donors (Lipinski definition) is 1. The second-order valence-electron chi connectivity index (χ2n) is 4.92. The second-order valence-corrected chi connectivity index (χ2v) is 4.92. The molecule has 0 bridgehead atoms. The molecule has 21 heavy (non-hydrogen) atoms. The summed E-state index contributed by atoms with van der Waals surface area (Å²) >= 11 is 0. The molecular formula is C17H18N2O2. The highest BCUT2D eigenvalue weighted by molar-refractivity contribution is 5.57. The molecule has 1 N–H and O–H groups in total. The van der Waals surface area contributed by atoms with Crippen molar-refractivity contribution in [1.29, 1.82) is 0 Å². The van der Waals surface area contributed by atoms with Gasteiger partial charge in [0, 0.05) is 17.3 Å². The molecule has 0 aliphatic rings. The fourth-order valence-corrected chi connectivity index (χ4v) is 2.38. The van der Waals surface area contributed by atoms with Gasteiger partial charge in [-0.3, -0.25) is 0 Å². The monoisotopic (exact) mass is 282 g/mol. The van der Waals surface area contributed by atoms with E-state index >= 15 is 0 Å². The zero-order valence-electron chi connectivity index (χ0n) is 11.9. The lowest BCUT2D eigenvalue weighted by Gasteiger charge is -2.15. The van der Waals surface area contributed by atoms with Gasteiger partial charge in [-0.25, -0.2) is 4.52 Å². The van der Waals surface area contributed by atoms with E-state index < -0.39 is 6.10 Å². The van der Waals surface area contributed by atoms with Crippen molar-refractivity contribution in [2.75, 3.05) is 6.61 Å². The minimum Gasteiger partial charge on any atom is -0.493 e. The Morgan fingerprint density at radius 3 is 2.81 bits per heavy atom. The number of hydrogen-bond acceptors (Lipinski definition) is 3. The molecule has 108 valence electrons. The van der Waals surface area contributed by atoms with E-state index in [0.29, 0.717) is 6.61 Å². The highest BCUT2D eigenvalue weighted by Crippen LogP contribution is 2.31. The van der Waals surface area contributed by atoms with Crippen LogP contribution in [-0.4, -0.2) is 21.3 Å². The van der Waals surface area contributed by atoms with Gasteiger partial charge >= 0.3 is 0 Å². The molecule has 1 unspecified atom stereocenters. The number of aliphatic hydroxyl groups is 1. The first-order valence-electron chi connectivity index (χ1n) is 7.13. The molecule has 3 rings (SSSR count). The summed E-state index contributed by atoms with van der Waals surface area (Å²) in [6, 6.07) is 13.4. The van der Waals surface area contributed by atoms with Gasteiger partial charge in [0.15, 0.2) is 0 Å². The summed E-state index contributed by atoms with van der Waals surface area (Å²) in [6.45, 7) is 2.70. The van der Waals surface area contributed by atoms with E-state index in [1.807, 2.05) is 48.7 Å². The summed E-state index contributed by atoms with van der Waals surface area (Å²) in [5.74, 6) is 0.724. The number of nitrogens with zero attached hydrogens (tertiary/aromatic N) is 2. The third-order valence-electron chi connectivity index (χ3n) is 3.43. The van der Waals surface area contributed by atoms with Crippen LogP contribution >= 0.6 is 0 Å². The zero-order chi connectivity index (χ0) is 14.7. The molecule has 4 nitrogen and oxygen atoms in total. The molecule has 4 heteroatoms. The molecule has 2 heterocycles. The molecule has 0 saturated heterocycles. The maximum atomic E-state index is 10.7. The van der Waals surface area contributed by atoms with Gasteiger partial charge in [0.05, 0.1) is 18.3 Å². The molecule has 2 aromatic heterocycles. The first-order valence-corrected chi connectivity index (χ1v) is 7.13. The van der Waals surface area contributed by atoms with Gasteiger partial charge < -0.3 is 9.84 Å². The van der Waals surface area contributed by atoms with Gasteiger partial charge in [-0.2, -0.15) is 5.10 Å². The maximum Gasteiger partial charge on any atom is 0.125 e. The first kappa shape index (κ1) is 13.6. The van der Waals surface area contributed by atoms with Gasteiger partial charge in [-0.15, -0.1) is 0 Å². The van der Waals surface area contributed by atoms with Crippen molar-refractivity contribution in [3.05, 3.63) is 66.0 Å². The van der Waals surface area contributed by atoms with Crippen LogP contribution in [0.25, 0.3) is 5.52 Å². The number of rotatable bonds is 5. The Hall–Kier alpha value is -2.33. The van der Waals surface area contributed by atoms with Gasteiger partial charge in [0.1, 0.15) is 11.9 Å². The summed E-state index contributed by atoms with van der Waals surface area (Å²) in [5, 5.41) is 15.0. The molecule has 3 aromatic rings. The van der Waals surface area contributed by atoms with Crippen molar-refractivity contribution in [2.45, 2.75) is 19.4 Å². The predicted molar refractivity (Wildman–Crippen MR) is 81.5 cm³/mol. The Kier molecular flexibility index (Phi) is 3.88. The quantitative estimate of drug-likeness (QED) is 0.781. The molecule has 0 fully saturated rings. The van der Waals surface area contributed by atoms with Crippen LogP contribution in [0.2, 0.25) is 0 Å². The fraction of sp³-hybridized carbons (Fsp3) is 0.235. The normalized spacial score (nSPS) is 12.5. The Morgan fingerprint density at radius 2 is 1.95 bits per heavy atom. The molecule has 0 saturated carbocycles. The molecule has 1 aromatic carbocycles. The lowest BCUT2D eigenvalue weighted by atomic mass is 10.0. The Labute approximate surface area is 123 Å². The summed E-state index contributed by atoms with van der Waals surface area (Å²) in [6.07, 6.45) is 3.75. The van der Waals surface area contributed by atoms with E-state index in [4.69, 9.17) is 4.74 Å². The lowest BCUT2D eigenvalue weighted by molar-refractivity contribution is 0.212. The van der Waals surface area contributed by atoms with Crippen LogP contribution in [0, 0.1) is 0 Å². The molecule has 0 aliphatic heterocycles. The van der Waals surface area contributed by atoms with E-state index in [1.165, 1.54) is 0 Å². The van der Waals surface area contributed by atoms with E-state index in [1.54, 1.807) is 10.7 Å². The van der Waals surface area contributed by atoms with Crippen LogP contribution in [-0.2, 0) is 0 Å². The summed E-state index contributed by atoms with van der Waals surface area (Å²) in [4.78, 5) is 0. The van der Waals surface area contributed by atoms with Crippen molar-refractivity contribution >= 4 is 5.52 Å². The Morgan fingerprint density at radius 1 is 1.14 bits per heavy atom. The van der Waals surface area contributed by atoms with Crippen LogP contribution in [0.4, 0.5) is 0 Å². The van der Waals surface area contributed by atoms with Crippen LogP contribution in [0.5, 0.6) is 5.75 Å². The molecule has 0 aliphatic carbocycles. The van der Waals surface area contributed by atoms with Gasteiger partial charge in [0.2, 0.25) is 0 Å². The third kappa shape index (κ3) is 2.62. The van der Waals surface area contributed by atoms with Gasteiger partial charge in [-0.1, -0.05) is 31.2 Å². The number of ether oxygens (including phenoxy) is 1. The highest BCUT2D eigenvalue weighted by Gasteiger charge is 2.19. The number of para-hydroxylation sites is 1. The van der Waals surface area contributed by atoms with Crippen molar-refractivity contribution in [3.8, 4) is 5.75 Å². The minimum absolute atomic E-state index is 0.637. The Bertz CT molecular complexity index is 736. The fourth-order valence-electron chi connectivity index (χ4n) is 2.38. The maximum absolute atomic E-state index is 10.7. The molecule has 1 atom stereocenters. The lowest BCUT2D eigenvalue weighted by Crippen LogP contribution is -2.04. The van der Waals surface area contributed by atoms with E-state index in [0.717, 1.165) is 28.8 Å². The van der Waals surface area contributed by atoms with E-state index in [9.17, 15) is 5.11 Å². The largest absolute Gasteiger partial charge is 0.493 e. The second kappa shape index (κ2) is 5.97. The van der Waals surface area contributed by atoms with Crippen LogP contribution in [0.15, 0.2) is 54.9 Å². The minimum atomic E-state index is -0.752. The van der Waals surface area contributed by atoms with Crippen molar-refractivity contribution < 1.29 is 9.84 Å². The number of aliphatic hydroxyl groups excluding tert-OH is 1. The first-order chi connectivity index (χ1) is 10.3. The molecule has 0 amide bonds. The van der Waals surface area contributed by atoms with Crippen LogP contribution < -0.4 is 4.74 Å². The van der Waals surface area contributed by atoms with Gasteiger partial charge in [-0.05, 0) is 24.6 Å². The van der Waals surface area contributed by atoms with Crippen molar-refractivity contribution in [3.63, 3.8) is 0 Å². The smallest absolute Gasteiger partial charge is 0.125 e. The number of benzene rings is 1. The van der Waals surface area contributed by atoms with Crippen molar-refractivity contribution in [2.24, 2.45) is 0 Å². The number of pyridine rings is 1. The summed E-state index contributed by atoms with van der Waals surface area (Å²) < 4.78 is 7.49. The SMILES string of the molecule is CCCOc1ccccc1C(O)c1cnn2ccccc12. The van der Waals surface area contributed by atoms with Gasteiger partial charge in [0.25, 0.3) is 0 Å². The zero-order valence-corrected chi connectivity index (χ0v) is 11.9. The average molecular weight is 282 g/mol. The topological polar surface area (TPSA) is 46.8 Å². The standard InChI is InChI=1S/C17H18N2O2/c1-2-11-21-16-9-4-3-7-13(16)17(20)14-12-18-19-10-6-5-8-15(14)19/h3-10,12,17,20H,2,11H2,1H3. The summed E-state index contributed by atoms with van der Waals surface area (Å²) in [5.41, 5.74) is 2.45. The van der Waals surface area contributed by atoms with Crippen molar-refractivity contribution in [1.82, 2.24) is 9.61 Å². The third-order valence-corrected chi connectivity index (χ3v) is 3.43. The molecule has 0 radical (unpaired) electrons. The molecular weight excluding hydrogens is 264 g/mol. The molecule has 0 spiro atoms. The van der Waals surface area contributed by atoms with E-state index in [2.05, 4.69) is 12.0 Å². The number of aromatic nitrogens is 2. The number of fused-ring (bicyclic) bond motifs is 1.